The number of carbonyl (C=O) groups excluding carboxylic acids is 1. The number of hydrogen-bond donors (Lipinski definition) is 1. The first-order valence-electron chi connectivity index (χ1n) is 8.80. The zero-order valence-electron chi connectivity index (χ0n) is 15.1. The van der Waals surface area contributed by atoms with Crippen LogP contribution >= 0.6 is 11.8 Å². The van der Waals surface area contributed by atoms with Crippen LogP contribution in [0, 0.1) is 0 Å². The van der Waals surface area contributed by atoms with E-state index in [4.69, 9.17) is 0 Å². The molecule has 0 spiro atoms. The third-order valence-electron chi connectivity index (χ3n) is 4.20. The minimum absolute atomic E-state index is 0.0691. The molecule has 0 heterocycles. The minimum atomic E-state index is -0.0691. The standard InChI is InChI=1S/C23H23NOS/c1-17(2)21-10-6-7-11-22(21)24-23(25)19-14-12-18(13-15-19)16-26-20-8-4-3-5-9-20/h3-15,17H,16H2,1-2H3,(H,24,25). The lowest BCUT2D eigenvalue weighted by atomic mass is 10.0. The number of hydrogen-bond acceptors (Lipinski definition) is 2. The fraction of sp³-hybridized carbons (Fsp3) is 0.174. The third kappa shape index (κ3) is 4.77. The Bertz CT molecular complexity index is 857. The van der Waals surface area contributed by atoms with Gasteiger partial charge in [-0.3, -0.25) is 4.79 Å². The minimum Gasteiger partial charge on any atom is -0.322 e. The van der Waals surface area contributed by atoms with Crippen LogP contribution in [0.2, 0.25) is 0 Å². The van der Waals surface area contributed by atoms with Gasteiger partial charge in [0.2, 0.25) is 0 Å². The SMILES string of the molecule is CC(C)c1ccccc1NC(=O)c1ccc(CSc2ccccc2)cc1. The monoisotopic (exact) mass is 361 g/mol. The van der Waals surface area contributed by atoms with Crippen LogP contribution in [-0.2, 0) is 5.75 Å². The predicted molar refractivity (Wildman–Crippen MR) is 111 cm³/mol. The molecule has 132 valence electrons. The van der Waals surface area contributed by atoms with Gasteiger partial charge in [0.25, 0.3) is 5.91 Å². The molecule has 1 amide bonds. The van der Waals surface area contributed by atoms with Gasteiger partial charge in [-0.25, -0.2) is 0 Å². The van der Waals surface area contributed by atoms with Crippen molar-refractivity contribution in [3.8, 4) is 0 Å². The van der Waals surface area contributed by atoms with Gasteiger partial charge in [-0.05, 0) is 47.4 Å². The lowest BCUT2D eigenvalue weighted by Gasteiger charge is -2.13. The third-order valence-corrected chi connectivity index (χ3v) is 5.28. The lowest BCUT2D eigenvalue weighted by molar-refractivity contribution is 0.102. The molecule has 3 aromatic carbocycles. The molecule has 26 heavy (non-hydrogen) atoms. The molecule has 1 N–H and O–H groups in total. The van der Waals surface area contributed by atoms with Crippen LogP contribution in [0.15, 0.2) is 83.8 Å². The summed E-state index contributed by atoms with van der Waals surface area (Å²) in [5, 5.41) is 3.04. The van der Waals surface area contributed by atoms with Crippen LogP contribution in [0.4, 0.5) is 5.69 Å². The number of benzene rings is 3. The first kappa shape index (κ1) is 18.3. The highest BCUT2D eigenvalue weighted by atomic mass is 32.2. The topological polar surface area (TPSA) is 29.1 Å². The number of carbonyl (C=O) groups is 1. The van der Waals surface area contributed by atoms with Crippen molar-refractivity contribution in [2.45, 2.75) is 30.4 Å². The summed E-state index contributed by atoms with van der Waals surface area (Å²) in [5.74, 6) is 1.19. The molecule has 0 aliphatic carbocycles. The molecular weight excluding hydrogens is 338 g/mol. The van der Waals surface area contributed by atoms with Crippen molar-refractivity contribution in [3.63, 3.8) is 0 Å². The zero-order chi connectivity index (χ0) is 18.4. The Morgan fingerprint density at radius 2 is 1.54 bits per heavy atom. The predicted octanol–water partition coefficient (Wildman–Crippen LogP) is 6.35. The number of rotatable bonds is 6. The summed E-state index contributed by atoms with van der Waals surface area (Å²) < 4.78 is 0. The highest BCUT2D eigenvalue weighted by Crippen LogP contribution is 2.25. The number of thioether (sulfide) groups is 1. The van der Waals surface area contributed by atoms with Crippen LogP contribution in [0.25, 0.3) is 0 Å². The molecule has 0 fully saturated rings. The maximum absolute atomic E-state index is 12.6. The highest BCUT2D eigenvalue weighted by molar-refractivity contribution is 7.98. The van der Waals surface area contributed by atoms with E-state index in [1.807, 2.05) is 60.7 Å². The molecule has 0 unspecified atom stereocenters. The van der Waals surface area contributed by atoms with Crippen molar-refractivity contribution in [2.24, 2.45) is 0 Å². The Labute approximate surface area is 159 Å². The molecule has 3 rings (SSSR count). The van der Waals surface area contributed by atoms with Gasteiger partial charge in [-0.1, -0.05) is 62.4 Å². The molecule has 0 atom stereocenters. The molecule has 0 radical (unpaired) electrons. The molecule has 0 aromatic heterocycles. The normalized spacial score (nSPS) is 10.7. The van der Waals surface area contributed by atoms with Gasteiger partial charge in [0, 0.05) is 21.9 Å². The second-order valence-corrected chi connectivity index (χ2v) is 7.54. The Balaban J connectivity index is 1.64. The smallest absolute Gasteiger partial charge is 0.255 e. The molecular formula is C23H23NOS. The van der Waals surface area contributed by atoms with E-state index < -0.39 is 0 Å². The quantitative estimate of drug-likeness (QED) is 0.518. The van der Waals surface area contributed by atoms with E-state index in [1.165, 1.54) is 10.5 Å². The van der Waals surface area contributed by atoms with Gasteiger partial charge < -0.3 is 5.32 Å². The van der Waals surface area contributed by atoms with Gasteiger partial charge in [0.05, 0.1) is 0 Å². The van der Waals surface area contributed by atoms with Crippen LogP contribution in [0.3, 0.4) is 0 Å². The van der Waals surface area contributed by atoms with Crippen molar-refractivity contribution < 1.29 is 4.79 Å². The molecule has 0 saturated heterocycles. The second kappa shape index (κ2) is 8.72. The van der Waals surface area contributed by atoms with Crippen LogP contribution in [-0.4, -0.2) is 5.91 Å². The Kier molecular flexibility index (Phi) is 6.13. The van der Waals surface area contributed by atoms with E-state index in [2.05, 4.69) is 37.4 Å². The van der Waals surface area contributed by atoms with E-state index in [9.17, 15) is 4.79 Å². The van der Waals surface area contributed by atoms with Gasteiger partial charge in [-0.2, -0.15) is 0 Å². The Morgan fingerprint density at radius 3 is 2.23 bits per heavy atom. The summed E-state index contributed by atoms with van der Waals surface area (Å²) in [4.78, 5) is 13.8. The van der Waals surface area contributed by atoms with E-state index in [0.717, 1.165) is 17.0 Å². The van der Waals surface area contributed by atoms with Gasteiger partial charge in [0.1, 0.15) is 0 Å². The summed E-state index contributed by atoms with van der Waals surface area (Å²) in [6.07, 6.45) is 0. The number of para-hydroxylation sites is 1. The van der Waals surface area contributed by atoms with E-state index in [0.29, 0.717) is 11.5 Å². The van der Waals surface area contributed by atoms with E-state index in [-0.39, 0.29) is 5.91 Å². The van der Waals surface area contributed by atoms with Crippen LogP contribution in [0.1, 0.15) is 41.3 Å². The van der Waals surface area contributed by atoms with Crippen LogP contribution < -0.4 is 5.32 Å². The maximum Gasteiger partial charge on any atom is 0.255 e. The summed E-state index contributed by atoms with van der Waals surface area (Å²) in [6.45, 7) is 4.26. The van der Waals surface area contributed by atoms with Crippen LogP contribution in [0.5, 0.6) is 0 Å². The lowest BCUT2D eigenvalue weighted by Crippen LogP contribution is -2.13. The molecule has 2 nitrogen and oxygen atoms in total. The van der Waals surface area contributed by atoms with Crippen molar-refractivity contribution >= 4 is 23.4 Å². The molecule has 0 aliphatic heterocycles. The van der Waals surface area contributed by atoms with E-state index in [1.54, 1.807) is 11.8 Å². The second-order valence-electron chi connectivity index (χ2n) is 6.49. The molecule has 3 heteroatoms. The summed E-state index contributed by atoms with van der Waals surface area (Å²) in [7, 11) is 0. The summed E-state index contributed by atoms with van der Waals surface area (Å²) in [6, 6.07) is 26.2. The zero-order valence-corrected chi connectivity index (χ0v) is 15.9. The Morgan fingerprint density at radius 1 is 0.885 bits per heavy atom. The van der Waals surface area contributed by atoms with Crippen molar-refractivity contribution in [3.05, 3.63) is 95.6 Å². The first-order valence-corrected chi connectivity index (χ1v) is 9.79. The molecule has 3 aromatic rings. The number of nitrogens with one attached hydrogen (secondary N) is 1. The maximum atomic E-state index is 12.6. The van der Waals surface area contributed by atoms with Crippen molar-refractivity contribution in [2.75, 3.05) is 5.32 Å². The Hall–Kier alpha value is -2.52. The fourth-order valence-electron chi connectivity index (χ4n) is 2.74. The summed E-state index contributed by atoms with van der Waals surface area (Å²) >= 11 is 1.79. The first-order chi connectivity index (χ1) is 12.6. The highest BCUT2D eigenvalue weighted by Gasteiger charge is 2.10. The molecule has 0 saturated carbocycles. The average molecular weight is 362 g/mol. The molecule has 0 bridgehead atoms. The number of amides is 1. The molecule has 0 aliphatic rings. The van der Waals surface area contributed by atoms with Gasteiger partial charge in [-0.15, -0.1) is 11.8 Å². The largest absolute Gasteiger partial charge is 0.322 e. The average Bonchev–Trinajstić information content (AvgIpc) is 2.68. The fourth-order valence-corrected chi connectivity index (χ4v) is 3.62. The van der Waals surface area contributed by atoms with Crippen molar-refractivity contribution in [1.82, 2.24) is 0 Å². The summed E-state index contributed by atoms with van der Waals surface area (Å²) in [5.41, 5.74) is 3.92. The van der Waals surface area contributed by atoms with Crippen molar-refractivity contribution in [1.29, 1.82) is 0 Å². The van der Waals surface area contributed by atoms with Gasteiger partial charge >= 0.3 is 0 Å². The number of anilines is 1. The van der Waals surface area contributed by atoms with E-state index >= 15 is 0 Å². The van der Waals surface area contributed by atoms with Gasteiger partial charge in [0.15, 0.2) is 0 Å².